The Morgan fingerprint density at radius 1 is 1.00 bits per heavy atom. The summed E-state index contributed by atoms with van der Waals surface area (Å²) in [5.74, 6) is -0.151. The van der Waals surface area contributed by atoms with E-state index in [0.717, 1.165) is 38.5 Å². The van der Waals surface area contributed by atoms with Gasteiger partial charge in [0.05, 0.1) is 30.0 Å². The van der Waals surface area contributed by atoms with Crippen molar-refractivity contribution in [2.75, 3.05) is 0 Å². The number of ether oxygens (including phenoxy) is 4. The number of ketones is 1. The van der Waals surface area contributed by atoms with Crippen LogP contribution in [0.15, 0.2) is 0 Å². The normalized spacial score (nSPS) is 49.0. The first-order chi connectivity index (χ1) is 11.6. The van der Waals surface area contributed by atoms with Gasteiger partial charge in [-0.15, -0.1) is 0 Å². The molecule has 0 aromatic heterocycles. The lowest BCUT2D eigenvalue weighted by atomic mass is 9.76. The first-order valence-electron chi connectivity index (χ1n) is 9.76. The number of carbonyl (C=O) groups excluding carboxylic acids is 1. The molecule has 0 aromatic rings. The number of hydrogen-bond donors (Lipinski definition) is 0. The van der Waals surface area contributed by atoms with E-state index in [1.807, 2.05) is 0 Å². The fourth-order valence-corrected chi connectivity index (χ4v) is 5.79. The van der Waals surface area contributed by atoms with Gasteiger partial charge >= 0.3 is 0 Å². The average molecular weight is 336 g/mol. The van der Waals surface area contributed by atoms with Gasteiger partial charge in [0, 0.05) is 32.1 Å². The quantitative estimate of drug-likeness (QED) is 0.776. The van der Waals surface area contributed by atoms with E-state index < -0.39 is 0 Å². The van der Waals surface area contributed by atoms with Crippen LogP contribution >= 0.6 is 0 Å². The van der Waals surface area contributed by atoms with Gasteiger partial charge in [-0.25, -0.2) is 0 Å². The zero-order chi connectivity index (χ0) is 16.4. The van der Waals surface area contributed by atoms with Crippen LogP contribution in [0.25, 0.3) is 0 Å². The highest BCUT2D eigenvalue weighted by atomic mass is 16.8. The van der Waals surface area contributed by atoms with Gasteiger partial charge in [0.15, 0.2) is 5.79 Å². The molecule has 0 unspecified atom stereocenters. The van der Waals surface area contributed by atoms with Crippen LogP contribution in [0, 0.1) is 0 Å². The predicted molar refractivity (Wildman–Crippen MR) is 85.6 cm³/mol. The second-order valence-electron chi connectivity index (χ2n) is 8.57. The van der Waals surface area contributed by atoms with Crippen molar-refractivity contribution < 1.29 is 23.7 Å². The van der Waals surface area contributed by atoms with Crippen molar-refractivity contribution >= 4 is 5.78 Å². The molecular formula is C19H28O5. The molecule has 5 heteroatoms. The molecule has 5 aliphatic rings. The molecule has 2 bridgehead atoms. The molecule has 3 heterocycles. The summed E-state index contributed by atoms with van der Waals surface area (Å²) in [5, 5.41) is 0. The molecule has 5 nitrogen and oxygen atoms in total. The minimum atomic E-state index is -0.360. The van der Waals surface area contributed by atoms with Crippen LogP contribution in [0.5, 0.6) is 0 Å². The average Bonchev–Trinajstić information content (AvgIpc) is 3.03. The minimum absolute atomic E-state index is 0.0450. The molecule has 3 saturated heterocycles. The third kappa shape index (κ3) is 2.39. The van der Waals surface area contributed by atoms with Gasteiger partial charge in [0.2, 0.25) is 0 Å². The maximum absolute atomic E-state index is 11.5. The first-order valence-corrected chi connectivity index (χ1v) is 9.76. The van der Waals surface area contributed by atoms with Gasteiger partial charge in [0.25, 0.3) is 0 Å². The van der Waals surface area contributed by atoms with Gasteiger partial charge in [-0.2, -0.15) is 0 Å². The summed E-state index contributed by atoms with van der Waals surface area (Å²) in [6, 6.07) is 0. The molecule has 24 heavy (non-hydrogen) atoms. The summed E-state index contributed by atoms with van der Waals surface area (Å²) < 4.78 is 25.8. The number of Topliss-reactive ketones (excluding diaryl/α,β-unsaturated/α-hetero) is 1. The predicted octanol–water partition coefficient (Wildman–Crippen LogP) is 2.89. The molecule has 2 saturated carbocycles. The maximum atomic E-state index is 11.5. The van der Waals surface area contributed by atoms with Crippen LogP contribution in [-0.2, 0) is 23.7 Å². The van der Waals surface area contributed by atoms with Crippen molar-refractivity contribution in [1.29, 1.82) is 0 Å². The lowest BCUT2D eigenvalue weighted by Crippen LogP contribution is -2.53. The first kappa shape index (κ1) is 15.7. The van der Waals surface area contributed by atoms with Crippen LogP contribution in [0.4, 0.5) is 0 Å². The van der Waals surface area contributed by atoms with E-state index in [4.69, 9.17) is 18.9 Å². The van der Waals surface area contributed by atoms with Crippen molar-refractivity contribution in [1.82, 2.24) is 0 Å². The summed E-state index contributed by atoms with van der Waals surface area (Å²) in [4.78, 5) is 11.5. The van der Waals surface area contributed by atoms with E-state index in [2.05, 4.69) is 0 Å². The smallest absolute Gasteiger partial charge is 0.169 e. The van der Waals surface area contributed by atoms with Gasteiger partial charge < -0.3 is 18.9 Å². The molecule has 6 atom stereocenters. The van der Waals surface area contributed by atoms with Crippen molar-refractivity contribution in [2.45, 2.75) is 113 Å². The molecule has 0 amide bonds. The van der Waals surface area contributed by atoms with Crippen molar-refractivity contribution in [3.8, 4) is 0 Å². The van der Waals surface area contributed by atoms with Gasteiger partial charge in [-0.1, -0.05) is 6.42 Å². The molecule has 5 rings (SSSR count). The fourth-order valence-electron chi connectivity index (χ4n) is 5.79. The SMILES string of the molecule is CC(=O)C[C@H]1CC[C@@H]2O[C@@H]3C[C@]2(C[C@H]2OC4(CCCCC4)O[C@@H]32)O1. The minimum Gasteiger partial charge on any atom is -0.369 e. The molecule has 3 aliphatic heterocycles. The van der Waals surface area contributed by atoms with E-state index in [9.17, 15) is 4.79 Å². The highest BCUT2D eigenvalue weighted by Crippen LogP contribution is 2.55. The van der Waals surface area contributed by atoms with Gasteiger partial charge in [-0.05, 0) is 32.6 Å². The monoisotopic (exact) mass is 336 g/mol. The van der Waals surface area contributed by atoms with E-state index in [1.165, 1.54) is 19.3 Å². The summed E-state index contributed by atoms with van der Waals surface area (Å²) in [6.07, 6.45) is 10.3. The fraction of sp³-hybridized carbons (Fsp3) is 0.947. The van der Waals surface area contributed by atoms with Crippen molar-refractivity contribution in [3.63, 3.8) is 0 Å². The zero-order valence-corrected chi connectivity index (χ0v) is 14.5. The Kier molecular flexibility index (Phi) is 3.61. The van der Waals surface area contributed by atoms with E-state index in [0.29, 0.717) is 6.42 Å². The van der Waals surface area contributed by atoms with Crippen molar-refractivity contribution in [2.24, 2.45) is 0 Å². The number of fused-ring (bicyclic) bond motifs is 3. The Hall–Kier alpha value is -0.490. The Balaban J connectivity index is 1.35. The second-order valence-corrected chi connectivity index (χ2v) is 8.57. The second kappa shape index (κ2) is 5.50. The number of rotatable bonds is 2. The van der Waals surface area contributed by atoms with Crippen LogP contribution < -0.4 is 0 Å². The van der Waals surface area contributed by atoms with Crippen LogP contribution in [-0.4, -0.2) is 47.7 Å². The zero-order valence-electron chi connectivity index (χ0n) is 14.5. The summed E-state index contributed by atoms with van der Waals surface area (Å²) in [5.41, 5.74) is -0.256. The number of hydrogen-bond acceptors (Lipinski definition) is 5. The maximum Gasteiger partial charge on any atom is 0.169 e. The molecule has 2 aliphatic carbocycles. The Bertz CT molecular complexity index is 528. The lowest BCUT2D eigenvalue weighted by molar-refractivity contribution is -0.215. The standard InChI is InChI=1S/C19H28O5/c1-12(20)9-13-5-6-16-18(22-13)10-14(21-16)17-15(11-18)23-19(24-17)7-3-2-4-8-19/h13-17H,2-11H2,1H3/t13-,14-,15-,16+,17+,18-/m1/s1. The number of carbonyl (C=O) groups is 1. The van der Waals surface area contributed by atoms with E-state index >= 15 is 0 Å². The van der Waals surface area contributed by atoms with E-state index in [1.54, 1.807) is 6.92 Å². The molecule has 5 fully saturated rings. The van der Waals surface area contributed by atoms with Gasteiger partial charge in [-0.3, -0.25) is 4.79 Å². The molecule has 2 spiro atoms. The van der Waals surface area contributed by atoms with Gasteiger partial charge in [0.1, 0.15) is 11.9 Å². The third-order valence-corrected chi connectivity index (χ3v) is 6.75. The molecule has 0 aromatic carbocycles. The van der Waals surface area contributed by atoms with Crippen molar-refractivity contribution in [3.05, 3.63) is 0 Å². The van der Waals surface area contributed by atoms with E-state index in [-0.39, 0.29) is 47.7 Å². The summed E-state index contributed by atoms with van der Waals surface area (Å²) >= 11 is 0. The Morgan fingerprint density at radius 2 is 1.79 bits per heavy atom. The van der Waals surface area contributed by atoms with Crippen LogP contribution in [0.3, 0.4) is 0 Å². The summed E-state index contributed by atoms with van der Waals surface area (Å²) in [6.45, 7) is 1.65. The molecule has 134 valence electrons. The molecule has 0 N–H and O–H groups in total. The molecular weight excluding hydrogens is 308 g/mol. The highest BCUT2D eigenvalue weighted by molar-refractivity contribution is 5.76. The Labute approximate surface area is 143 Å². The largest absolute Gasteiger partial charge is 0.369 e. The topological polar surface area (TPSA) is 54.0 Å². The van der Waals surface area contributed by atoms with Crippen LogP contribution in [0.1, 0.15) is 71.1 Å². The Morgan fingerprint density at radius 3 is 2.58 bits per heavy atom. The molecule has 0 radical (unpaired) electrons. The van der Waals surface area contributed by atoms with Crippen LogP contribution in [0.2, 0.25) is 0 Å². The lowest BCUT2D eigenvalue weighted by Gasteiger charge is -2.44. The third-order valence-electron chi connectivity index (χ3n) is 6.75. The summed E-state index contributed by atoms with van der Waals surface area (Å²) in [7, 11) is 0. The highest BCUT2D eigenvalue weighted by Gasteiger charge is 2.65.